The molecule has 3 aromatic carbocycles. The van der Waals surface area contributed by atoms with Crippen LogP contribution in [0.4, 0.5) is 4.39 Å². The van der Waals surface area contributed by atoms with E-state index in [2.05, 4.69) is 25.1 Å². The quantitative estimate of drug-likeness (QED) is 0.585. The summed E-state index contributed by atoms with van der Waals surface area (Å²) >= 11 is 1.70. The Morgan fingerprint density at radius 2 is 1.48 bits per heavy atom. The zero-order valence-corrected chi connectivity index (χ0v) is 13.9. The molecular formula is C20H17FOS. The first kappa shape index (κ1) is 15.6. The van der Waals surface area contributed by atoms with E-state index >= 15 is 0 Å². The predicted molar refractivity (Wildman–Crippen MR) is 93.7 cm³/mol. The summed E-state index contributed by atoms with van der Waals surface area (Å²) in [7, 11) is 1.66. The molecule has 0 saturated heterocycles. The minimum Gasteiger partial charge on any atom is -0.497 e. The number of rotatable bonds is 4. The minimum absolute atomic E-state index is 0.214. The molecule has 3 rings (SSSR count). The summed E-state index contributed by atoms with van der Waals surface area (Å²) in [4.78, 5) is 2.32. The third-order valence-electron chi connectivity index (χ3n) is 3.52. The van der Waals surface area contributed by atoms with Gasteiger partial charge in [-0.1, -0.05) is 30.0 Å². The standard InChI is InChI=1S/C20H17FOS/c1-14-11-16(15-3-5-17(21)6-4-15)13-20(12-14)23-19-9-7-18(22-2)8-10-19/h3-13H,1-2H3. The highest BCUT2D eigenvalue weighted by atomic mass is 32.2. The van der Waals surface area contributed by atoms with Gasteiger partial charge in [-0.3, -0.25) is 0 Å². The summed E-state index contributed by atoms with van der Waals surface area (Å²) in [6.07, 6.45) is 0. The Labute approximate surface area is 140 Å². The molecule has 0 fully saturated rings. The summed E-state index contributed by atoms with van der Waals surface area (Å²) in [6, 6.07) is 21.0. The first-order valence-electron chi connectivity index (χ1n) is 7.33. The topological polar surface area (TPSA) is 9.23 Å². The van der Waals surface area contributed by atoms with Gasteiger partial charge < -0.3 is 4.74 Å². The van der Waals surface area contributed by atoms with Crippen LogP contribution >= 0.6 is 11.8 Å². The number of hydrogen-bond donors (Lipinski definition) is 0. The van der Waals surface area contributed by atoms with E-state index in [4.69, 9.17) is 4.74 Å². The van der Waals surface area contributed by atoms with Gasteiger partial charge in [0.05, 0.1) is 7.11 Å². The van der Waals surface area contributed by atoms with Crippen molar-refractivity contribution in [3.63, 3.8) is 0 Å². The normalized spacial score (nSPS) is 10.6. The molecule has 0 amide bonds. The van der Waals surface area contributed by atoms with Crippen LogP contribution in [-0.2, 0) is 0 Å². The number of halogens is 1. The molecule has 0 bridgehead atoms. The molecule has 0 N–H and O–H groups in total. The van der Waals surface area contributed by atoms with Gasteiger partial charge >= 0.3 is 0 Å². The van der Waals surface area contributed by atoms with Gasteiger partial charge in [0.15, 0.2) is 0 Å². The van der Waals surface area contributed by atoms with Gasteiger partial charge in [-0.2, -0.15) is 0 Å². The zero-order chi connectivity index (χ0) is 16.2. The molecule has 0 radical (unpaired) electrons. The predicted octanol–water partition coefficient (Wildman–Crippen LogP) is 5.96. The molecule has 0 aliphatic heterocycles. The summed E-state index contributed by atoms with van der Waals surface area (Å²) in [5.74, 6) is 0.639. The van der Waals surface area contributed by atoms with Crippen LogP contribution in [-0.4, -0.2) is 7.11 Å². The number of hydrogen-bond acceptors (Lipinski definition) is 2. The molecule has 0 aliphatic carbocycles. The highest BCUT2D eigenvalue weighted by Crippen LogP contribution is 2.33. The molecule has 3 aromatic rings. The van der Waals surface area contributed by atoms with Crippen molar-refractivity contribution < 1.29 is 9.13 Å². The van der Waals surface area contributed by atoms with Crippen LogP contribution in [0.15, 0.2) is 76.5 Å². The first-order valence-corrected chi connectivity index (χ1v) is 8.15. The lowest BCUT2D eigenvalue weighted by Crippen LogP contribution is -1.84. The minimum atomic E-state index is -0.214. The molecule has 0 unspecified atom stereocenters. The largest absolute Gasteiger partial charge is 0.497 e. The molecular weight excluding hydrogens is 307 g/mol. The molecule has 0 aromatic heterocycles. The van der Waals surface area contributed by atoms with Crippen LogP contribution in [0.25, 0.3) is 11.1 Å². The van der Waals surface area contributed by atoms with Crippen molar-refractivity contribution in [1.82, 2.24) is 0 Å². The van der Waals surface area contributed by atoms with Gasteiger partial charge in [0, 0.05) is 9.79 Å². The average molecular weight is 324 g/mol. The second kappa shape index (κ2) is 6.88. The Hall–Kier alpha value is -2.26. The fourth-order valence-corrected chi connectivity index (χ4v) is 3.37. The number of methoxy groups -OCH3 is 1. The molecule has 3 heteroatoms. The fraction of sp³-hybridized carbons (Fsp3) is 0.100. The van der Waals surface area contributed by atoms with Crippen LogP contribution in [0.3, 0.4) is 0 Å². The van der Waals surface area contributed by atoms with Crippen LogP contribution in [0, 0.1) is 12.7 Å². The number of ether oxygens (including phenoxy) is 1. The van der Waals surface area contributed by atoms with Crippen LogP contribution in [0.5, 0.6) is 5.75 Å². The highest BCUT2D eigenvalue weighted by molar-refractivity contribution is 7.99. The first-order chi connectivity index (χ1) is 11.1. The van der Waals surface area contributed by atoms with Crippen LogP contribution in [0.1, 0.15) is 5.56 Å². The summed E-state index contributed by atoms with van der Waals surface area (Å²) in [5.41, 5.74) is 3.30. The molecule has 1 nitrogen and oxygen atoms in total. The summed E-state index contributed by atoms with van der Waals surface area (Å²) < 4.78 is 18.3. The Morgan fingerprint density at radius 1 is 0.783 bits per heavy atom. The van der Waals surface area contributed by atoms with E-state index in [1.54, 1.807) is 18.9 Å². The maximum atomic E-state index is 13.1. The molecule has 0 heterocycles. The van der Waals surface area contributed by atoms with E-state index < -0.39 is 0 Å². The van der Waals surface area contributed by atoms with Gasteiger partial charge in [-0.25, -0.2) is 4.39 Å². The van der Waals surface area contributed by atoms with E-state index in [0.29, 0.717) is 0 Å². The van der Waals surface area contributed by atoms with Crippen molar-refractivity contribution in [3.05, 3.63) is 78.1 Å². The lowest BCUT2D eigenvalue weighted by Gasteiger charge is -2.08. The highest BCUT2D eigenvalue weighted by Gasteiger charge is 2.04. The maximum Gasteiger partial charge on any atom is 0.123 e. The average Bonchev–Trinajstić information content (AvgIpc) is 2.56. The van der Waals surface area contributed by atoms with Crippen LogP contribution in [0.2, 0.25) is 0 Å². The Morgan fingerprint density at radius 3 is 2.13 bits per heavy atom. The van der Waals surface area contributed by atoms with Crippen molar-refractivity contribution in [3.8, 4) is 16.9 Å². The number of benzene rings is 3. The van der Waals surface area contributed by atoms with Crippen LogP contribution < -0.4 is 4.74 Å². The van der Waals surface area contributed by atoms with Gasteiger partial charge in [-0.05, 0) is 72.1 Å². The van der Waals surface area contributed by atoms with Gasteiger partial charge in [-0.15, -0.1) is 0 Å². The van der Waals surface area contributed by atoms with Crippen molar-refractivity contribution in [2.45, 2.75) is 16.7 Å². The van der Waals surface area contributed by atoms with E-state index in [0.717, 1.165) is 26.7 Å². The van der Waals surface area contributed by atoms with Crippen molar-refractivity contribution in [2.24, 2.45) is 0 Å². The molecule has 0 saturated carbocycles. The molecule has 0 spiro atoms. The Kier molecular flexibility index (Phi) is 4.68. The molecule has 0 atom stereocenters. The second-order valence-corrected chi connectivity index (χ2v) is 6.47. The number of aryl methyl sites for hydroxylation is 1. The molecule has 0 aliphatic rings. The molecule has 116 valence electrons. The van der Waals surface area contributed by atoms with E-state index in [-0.39, 0.29) is 5.82 Å². The monoisotopic (exact) mass is 324 g/mol. The summed E-state index contributed by atoms with van der Waals surface area (Å²) in [5, 5.41) is 0. The molecule has 23 heavy (non-hydrogen) atoms. The van der Waals surface area contributed by atoms with Crippen molar-refractivity contribution in [1.29, 1.82) is 0 Å². The third kappa shape index (κ3) is 3.93. The van der Waals surface area contributed by atoms with E-state index in [9.17, 15) is 4.39 Å². The maximum absolute atomic E-state index is 13.1. The smallest absolute Gasteiger partial charge is 0.123 e. The Bertz CT molecular complexity index is 795. The SMILES string of the molecule is COc1ccc(Sc2cc(C)cc(-c3ccc(F)cc3)c2)cc1. The van der Waals surface area contributed by atoms with E-state index in [1.807, 2.05) is 36.4 Å². The lowest BCUT2D eigenvalue weighted by molar-refractivity contribution is 0.414. The fourth-order valence-electron chi connectivity index (χ4n) is 2.40. The second-order valence-electron chi connectivity index (χ2n) is 5.32. The van der Waals surface area contributed by atoms with Gasteiger partial charge in [0.25, 0.3) is 0 Å². The van der Waals surface area contributed by atoms with Crippen molar-refractivity contribution >= 4 is 11.8 Å². The van der Waals surface area contributed by atoms with Gasteiger partial charge in [0.1, 0.15) is 11.6 Å². The lowest BCUT2D eigenvalue weighted by atomic mass is 10.0. The van der Waals surface area contributed by atoms with E-state index in [1.165, 1.54) is 17.7 Å². The van der Waals surface area contributed by atoms with Crippen molar-refractivity contribution in [2.75, 3.05) is 7.11 Å². The summed E-state index contributed by atoms with van der Waals surface area (Å²) in [6.45, 7) is 2.07. The van der Waals surface area contributed by atoms with Gasteiger partial charge in [0.2, 0.25) is 0 Å². The Balaban J connectivity index is 1.89. The third-order valence-corrected chi connectivity index (χ3v) is 4.50. The zero-order valence-electron chi connectivity index (χ0n) is 13.0.